The molecule has 29 heavy (non-hydrogen) atoms. The molecular formula is C21H26N4O4. The molecule has 0 spiro atoms. The van der Waals surface area contributed by atoms with Crippen molar-refractivity contribution in [1.82, 2.24) is 14.5 Å². The van der Waals surface area contributed by atoms with Crippen LogP contribution in [0.5, 0.6) is 0 Å². The molecule has 1 aromatic carbocycles. The second-order valence-electron chi connectivity index (χ2n) is 8.22. The van der Waals surface area contributed by atoms with Gasteiger partial charge in [0.05, 0.1) is 11.0 Å². The first-order chi connectivity index (χ1) is 13.9. The van der Waals surface area contributed by atoms with Gasteiger partial charge in [0.15, 0.2) is 0 Å². The zero-order chi connectivity index (χ0) is 20.7. The van der Waals surface area contributed by atoms with E-state index in [4.69, 9.17) is 0 Å². The van der Waals surface area contributed by atoms with E-state index in [0.29, 0.717) is 11.9 Å². The topological polar surface area (TPSA) is 93.4 Å². The Bertz CT molecular complexity index is 1030. The number of nitrogens with one attached hydrogen (secondary N) is 1. The Balaban J connectivity index is 1.78. The summed E-state index contributed by atoms with van der Waals surface area (Å²) in [5.74, 6) is -0.600. The molecular weight excluding hydrogens is 372 g/mol. The highest BCUT2D eigenvalue weighted by molar-refractivity contribution is 6.00. The number of anilines is 1. The zero-order valence-electron chi connectivity index (χ0n) is 16.8. The van der Waals surface area contributed by atoms with Gasteiger partial charge in [0.2, 0.25) is 11.8 Å². The fourth-order valence-electron chi connectivity index (χ4n) is 4.45. The number of rotatable bonds is 4. The number of piperidine rings is 2. The number of fused-ring (bicyclic) bond motifs is 1. The van der Waals surface area contributed by atoms with Crippen molar-refractivity contribution >= 4 is 34.8 Å². The number of imidazole rings is 1. The van der Waals surface area contributed by atoms with E-state index in [-0.39, 0.29) is 30.0 Å². The van der Waals surface area contributed by atoms with Crippen molar-refractivity contribution in [2.24, 2.45) is 5.92 Å². The minimum atomic E-state index is -0.683. The fourth-order valence-corrected chi connectivity index (χ4v) is 4.45. The van der Waals surface area contributed by atoms with Gasteiger partial charge in [0.25, 0.3) is 0 Å². The maximum absolute atomic E-state index is 13.2. The number of carbonyl (C=O) groups is 3. The first kappa shape index (κ1) is 19.4. The van der Waals surface area contributed by atoms with Crippen molar-refractivity contribution in [3.63, 3.8) is 0 Å². The highest BCUT2D eigenvalue weighted by Crippen LogP contribution is 2.30. The molecule has 2 amide bonds. The molecule has 1 unspecified atom stereocenters. The lowest BCUT2D eigenvalue weighted by Gasteiger charge is -2.31. The van der Waals surface area contributed by atoms with E-state index in [0.717, 1.165) is 43.4 Å². The Labute approximate surface area is 168 Å². The van der Waals surface area contributed by atoms with Crippen molar-refractivity contribution in [3.8, 4) is 0 Å². The third-order valence-electron chi connectivity index (χ3n) is 6.03. The van der Waals surface area contributed by atoms with E-state index in [1.165, 1.54) is 4.57 Å². The van der Waals surface area contributed by atoms with Gasteiger partial charge in [-0.2, -0.15) is 0 Å². The van der Waals surface area contributed by atoms with Gasteiger partial charge in [0, 0.05) is 37.2 Å². The first-order valence-electron chi connectivity index (χ1n) is 10.2. The summed E-state index contributed by atoms with van der Waals surface area (Å²) in [5.41, 5.74) is 2.26. The molecule has 2 fully saturated rings. The number of imide groups is 1. The Kier molecular flexibility index (Phi) is 5.02. The average Bonchev–Trinajstić information content (AvgIpc) is 2.99. The van der Waals surface area contributed by atoms with Gasteiger partial charge in [-0.15, -0.1) is 0 Å². The van der Waals surface area contributed by atoms with Crippen molar-refractivity contribution in [2.45, 2.75) is 51.6 Å². The van der Waals surface area contributed by atoms with Crippen LogP contribution in [0.15, 0.2) is 23.0 Å². The van der Waals surface area contributed by atoms with Crippen LogP contribution in [0, 0.1) is 5.92 Å². The summed E-state index contributed by atoms with van der Waals surface area (Å²) in [6.07, 6.45) is 3.24. The van der Waals surface area contributed by atoms with Crippen LogP contribution in [-0.4, -0.2) is 40.3 Å². The van der Waals surface area contributed by atoms with Crippen LogP contribution in [-0.2, 0) is 14.4 Å². The summed E-state index contributed by atoms with van der Waals surface area (Å²) < 4.78 is 3.24. The maximum Gasteiger partial charge on any atom is 0.330 e. The highest BCUT2D eigenvalue weighted by Gasteiger charge is 2.32. The number of hydrogen-bond donors (Lipinski definition) is 1. The second-order valence-corrected chi connectivity index (χ2v) is 8.22. The predicted molar refractivity (Wildman–Crippen MR) is 109 cm³/mol. The number of amides is 2. The molecule has 1 atom stereocenters. The number of benzene rings is 1. The van der Waals surface area contributed by atoms with E-state index < -0.39 is 11.9 Å². The van der Waals surface area contributed by atoms with Crippen molar-refractivity contribution < 1.29 is 14.4 Å². The lowest BCUT2D eigenvalue weighted by atomic mass is 9.98. The third kappa shape index (κ3) is 3.36. The highest BCUT2D eigenvalue weighted by atomic mass is 16.2. The molecule has 0 saturated carbocycles. The largest absolute Gasteiger partial charge is 0.371 e. The molecule has 154 valence electrons. The van der Waals surface area contributed by atoms with Crippen LogP contribution < -0.4 is 15.9 Å². The molecule has 1 N–H and O–H groups in total. The molecule has 0 bridgehead atoms. The van der Waals surface area contributed by atoms with Crippen molar-refractivity contribution in [3.05, 3.63) is 28.7 Å². The Hall–Kier alpha value is -2.90. The Morgan fingerprint density at radius 1 is 1.07 bits per heavy atom. The normalized spacial score (nSPS) is 21.1. The van der Waals surface area contributed by atoms with Gasteiger partial charge in [-0.05, 0) is 51.3 Å². The van der Waals surface area contributed by atoms with Gasteiger partial charge in [-0.3, -0.25) is 24.0 Å². The van der Waals surface area contributed by atoms with E-state index in [9.17, 15) is 19.2 Å². The molecule has 0 aliphatic carbocycles. The number of aldehydes is 1. The monoisotopic (exact) mass is 398 g/mol. The summed E-state index contributed by atoms with van der Waals surface area (Å²) >= 11 is 0. The van der Waals surface area contributed by atoms with Crippen molar-refractivity contribution in [2.75, 3.05) is 18.0 Å². The maximum atomic E-state index is 13.2. The van der Waals surface area contributed by atoms with E-state index in [1.54, 1.807) is 4.57 Å². The summed E-state index contributed by atoms with van der Waals surface area (Å²) in [6.45, 7) is 5.49. The van der Waals surface area contributed by atoms with Crippen LogP contribution in [0.2, 0.25) is 0 Å². The molecule has 0 radical (unpaired) electrons. The molecule has 8 nitrogen and oxygen atoms in total. The van der Waals surface area contributed by atoms with Crippen LogP contribution in [0.3, 0.4) is 0 Å². The van der Waals surface area contributed by atoms with Gasteiger partial charge in [0.1, 0.15) is 12.3 Å². The van der Waals surface area contributed by atoms with Crippen LogP contribution in [0.1, 0.15) is 51.6 Å². The first-order valence-corrected chi connectivity index (χ1v) is 10.2. The quantitative estimate of drug-likeness (QED) is 0.626. The second kappa shape index (κ2) is 7.50. The summed E-state index contributed by atoms with van der Waals surface area (Å²) in [4.78, 5) is 50.4. The van der Waals surface area contributed by atoms with E-state index in [2.05, 4.69) is 10.2 Å². The number of hydrogen-bond acceptors (Lipinski definition) is 5. The molecule has 4 rings (SSSR count). The smallest absolute Gasteiger partial charge is 0.330 e. The molecule has 2 aromatic rings. The number of carbonyl (C=O) groups excluding carboxylic acids is 3. The predicted octanol–water partition coefficient (Wildman–Crippen LogP) is 1.78. The minimum Gasteiger partial charge on any atom is -0.371 e. The van der Waals surface area contributed by atoms with Crippen LogP contribution >= 0.6 is 0 Å². The fraction of sp³-hybridized carbons (Fsp3) is 0.524. The lowest BCUT2D eigenvalue weighted by Crippen LogP contribution is -2.44. The number of aromatic nitrogens is 2. The van der Waals surface area contributed by atoms with Gasteiger partial charge in [-0.25, -0.2) is 4.79 Å². The van der Waals surface area contributed by atoms with Gasteiger partial charge >= 0.3 is 5.69 Å². The molecule has 1 aromatic heterocycles. The molecule has 3 heterocycles. The van der Waals surface area contributed by atoms with Crippen LogP contribution in [0.4, 0.5) is 5.69 Å². The SMILES string of the molecule is CC(C)n1c(=O)n(C2CCC(=O)NC2=O)c2ccc(N3CCC(C=O)CC3)cc21. The molecule has 2 saturated heterocycles. The summed E-state index contributed by atoms with van der Waals surface area (Å²) in [5, 5.41) is 2.35. The van der Waals surface area contributed by atoms with E-state index in [1.807, 2.05) is 32.0 Å². The molecule has 2 aliphatic rings. The third-order valence-corrected chi connectivity index (χ3v) is 6.03. The zero-order valence-corrected chi connectivity index (χ0v) is 16.8. The number of nitrogens with zero attached hydrogens (tertiary/aromatic N) is 3. The average molecular weight is 398 g/mol. The molecule has 8 heteroatoms. The summed E-state index contributed by atoms with van der Waals surface area (Å²) in [6, 6.07) is 5.10. The Morgan fingerprint density at radius 3 is 2.41 bits per heavy atom. The lowest BCUT2D eigenvalue weighted by molar-refractivity contribution is -0.135. The standard InChI is InChI=1S/C21H26N4O4/c1-13(2)24-18-11-15(23-9-7-14(12-26)8-10-23)3-4-16(18)25(21(24)29)17-5-6-19(27)22-20(17)28/h3-4,11-14,17H,5-10H2,1-2H3,(H,22,27,28). The van der Waals surface area contributed by atoms with Crippen LogP contribution in [0.25, 0.3) is 11.0 Å². The summed E-state index contributed by atoms with van der Waals surface area (Å²) in [7, 11) is 0. The Morgan fingerprint density at radius 2 is 1.79 bits per heavy atom. The van der Waals surface area contributed by atoms with Gasteiger partial charge in [-0.1, -0.05) is 0 Å². The minimum absolute atomic E-state index is 0.0735. The molecule has 2 aliphatic heterocycles. The van der Waals surface area contributed by atoms with Gasteiger partial charge < -0.3 is 9.69 Å². The van der Waals surface area contributed by atoms with Crippen molar-refractivity contribution in [1.29, 1.82) is 0 Å². The van der Waals surface area contributed by atoms with E-state index >= 15 is 0 Å².